The Hall–Kier alpha value is -0.430. The molecule has 0 nitrogen and oxygen atoms in total. The highest BCUT2D eigenvalue weighted by atomic mass is 32.1. The van der Waals surface area contributed by atoms with Crippen molar-refractivity contribution in [2.45, 2.75) is 83.0 Å². The second-order valence-electron chi connectivity index (χ2n) is 6.23. The van der Waals surface area contributed by atoms with E-state index in [2.05, 4.69) is 57.7 Å². The summed E-state index contributed by atoms with van der Waals surface area (Å²) >= 11 is 4.37. The van der Waals surface area contributed by atoms with Crippen LogP contribution in [0.2, 0.25) is 0 Å². The van der Waals surface area contributed by atoms with Crippen molar-refractivity contribution in [3.63, 3.8) is 0 Å². The first kappa shape index (κ1) is 17.6. The highest BCUT2D eigenvalue weighted by molar-refractivity contribution is 7.80. The first-order valence-electron chi connectivity index (χ1n) is 8.46. The maximum atomic E-state index is 4.37. The topological polar surface area (TPSA) is 0 Å². The molecule has 0 amide bonds. The number of hydrogen-bond acceptors (Lipinski definition) is 1. The molecule has 1 heteroatoms. The molecule has 0 aliphatic heterocycles. The molecule has 0 saturated carbocycles. The predicted octanol–water partition coefficient (Wildman–Crippen LogP) is 6.86. The van der Waals surface area contributed by atoms with Crippen molar-refractivity contribution < 1.29 is 0 Å². The zero-order valence-corrected chi connectivity index (χ0v) is 14.5. The molecule has 20 heavy (non-hydrogen) atoms. The molecule has 0 bridgehead atoms. The van der Waals surface area contributed by atoms with Gasteiger partial charge >= 0.3 is 0 Å². The van der Waals surface area contributed by atoms with Gasteiger partial charge in [-0.1, -0.05) is 71.4 Å². The fraction of sp³-hybridized carbons (Fsp3) is 0.684. The summed E-state index contributed by atoms with van der Waals surface area (Å²) in [5.41, 5.74) is 1.49. The second kappa shape index (κ2) is 10.3. The van der Waals surface area contributed by atoms with Crippen molar-refractivity contribution in [3.8, 4) is 0 Å². The first-order valence-corrected chi connectivity index (χ1v) is 8.91. The van der Waals surface area contributed by atoms with Crippen molar-refractivity contribution in [2.24, 2.45) is 5.92 Å². The summed E-state index contributed by atoms with van der Waals surface area (Å²) in [5, 5.41) is 0. The first-order chi connectivity index (χ1) is 9.67. The van der Waals surface area contributed by atoms with E-state index < -0.39 is 0 Å². The van der Waals surface area contributed by atoms with Crippen LogP contribution in [0.3, 0.4) is 0 Å². The Morgan fingerprint density at radius 3 is 2.20 bits per heavy atom. The zero-order chi connectivity index (χ0) is 14.8. The molecule has 0 heterocycles. The lowest BCUT2D eigenvalue weighted by Crippen LogP contribution is -2.02. The largest absolute Gasteiger partial charge is 0.143 e. The van der Waals surface area contributed by atoms with Crippen LogP contribution in [0.15, 0.2) is 29.2 Å². The highest BCUT2D eigenvalue weighted by Gasteiger charge is 2.11. The van der Waals surface area contributed by atoms with Gasteiger partial charge in [-0.25, -0.2) is 0 Å². The Morgan fingerprint density at radius 1 is 0.900 bits per heavy atom. The van der Waals surface area contributed by atoms with E-state index in [1.807, 2.05) is 0 Å². The van der Waals surface area contributed by atoms with E-state index in [0.717, 1.165) is 16.7 Å². The summed E-state index contributed by atoms with van der Waals surface area (Å²) in [6.07, 6.45) is 10.9. The predicted molar refractivity (Wildman–Crippen MR) is 93.9 cm³/mol. The maximum absolute atomic E-state index is 4.37. The Balaban J connectivity index is 2.32. The van der Waals surface area contributed by atoms with Crippen molar-refractivity contribution in [2.75, 3.05) is 0 Å². The van der Waals surface area contributed by atoms with Crippen molar-refractivity contribution >= 4 is 12.6 Å². The fourth-order valence-electron chi connectivity index (χ4n) is 2.90. The van der Waals surface area contributed by atoms with Gasteiger partial charge in [-0.15, -0.1) is 12.6 Å². The van der Waals surface area contributed by atoms with Gasteiger partial charge in [0.25, 0.3) is 0 Å². The van der Waals surface area contributed by atoms with Crippen LogP contribution in [0.5, 0.6) is 0 Å². The maximum Gasteiger partial charge on any atom is 0.00401 e. The molecule has 0 spiro atoms. The molecule has 0 N–H and O–H groups in total. The lowest BCUT2D eigenvalue weighted by atomic mass is 9.87. The van der Waals surface area contributed by atoms with Gasteiger partial charge < -0.3 is 0 Å². The minimum Gasteiger partial charge on any atom is -0.143 e. The standard InChI is InChI=1S/C19H32S/c1-4-6-7-8-9-16(3)10-11-17(5-2)18-12-14-19(20)15-13-18/h12-17,20H,4-11H2,1-3H3. The van der Waals surface area contributed by atoms with E-state index in [1.165, 1.54) is 56.9 Å². The molecule has 0 fully saturated rings. The van der Waals surface area contributed by atoms with Gasteiger partial charge in [-0.05, 0) is 42.4 Å². The number of thiol groups is 1. The molecule has 0 aliphatic rings. The van der Waals surface area contributed by atoms with Gasteiger partial charge in [0, 0.05) is 4.90 Å². The number of rotatable bonds is 10. The van der Waals surface area contributed by atoms with E-state index in [0.29, 0.717) is 0 Å². The molecule has 2 unspecified atom stereocenters. The summed E-state index contributed by atoms with van der Waals surface area (Å²) in [7, 11) is 0. The van der Waals surface area contributed by atoms with Gasteiger partial charge in [0.05, 0.1) is 0 Å². The quantitative estimate of drug-likeness (QED) is 0.353. The third-order valence-electron chi connectivity index (χ3n) is 4.42. The van der Waals surface area contributed by atoms with Crippen molar-refractivity contribution in [3.05, 3.63) is 29.8 Å². The van der Waals surface area contributed by atoms with E-state index in [4.69, 9.17) is 0 Å². The molecule has 1 rings (SSSR count). The van der Waals surface area contributed by atoms with E-state index in [1.54, 1.807) is 0 Å². The Morgan fingerprint density at radius 2 is 1.60 bits per heavy atom. The van der Waals surface area contributed by atoms with Crippen LogP contribution in [0.4, 0.5) is 0 Å². The third-order valence-corrected chi connectivity index (χ3v) is 4.71. The lowest BCUT2D eigenvalue weighted by molar-refractivity contribution is 0.421. The molecule has 0 aliphatic carbocycles. The van der Waals surface area contributed by atoms with Gasteiger partial charge in [0.15, 0.2) is 0 Å². The highest BCUT2D eigenvalue weighted by Crippen LogP contribution is 2.28. The van der Waals surface area contributed by atoms with Gasteiger partial charge in [0.1, 0.15) is 0 Å². The Bertz CT molecular complexity index is 341. The molecule has 1 aromatic rings. The molecule has 2 atom stereocenters. The van der Waals surface area contributed by atoms with E-state index in [9.17, 15) is 0 Å². The van der Waals surface area contributed by atoms with Crippen molar-refractivity contribution in [1.29, 1.82) is 0 Å². The average molecular weight is 293 g/mol. The second-order valence-corrected chi connectivity index (χ2v) is 6.74. The number of hydrogen-bond donors (Lipinski definition) is 1. The summed E-state index contributed by atoms with van der Waals surface area (Å²) in [6.45, 7) is 7.02. The smallest absolute Gasteiger partial charge is 0.00401 e. The van der Waals surface area contributed by atoms with Crippen LogP contribution in [0.25, 0.3) is 0 Å². The van der Waals surface area contributed by atoms with Crippen LogP contribution >= 0.6 is 12.6 Å². The van der Waals surface area contributed by atoms with Crippen LogP contribution in [0.1, 0.15) is 83.6 Å². The molecule has 0 radical (unpaired) electrons. The number of benzene rings is 1. The molecular formula is C19H32S. The molecule has 0 saturated heterocycles. The SMILES string of the molecule is CCCCCCC(C)CCC(CC)c1ccc(S)cc1. The van der Waals surface area contributed by atoms with Crippen LogP contribution in [0, 0.1) is 5.92 Å². The van der Waals surface area contributed by atoms with E-state index >= 15 is 0 Å². The van der Waals surface area contributed by atoms with Gasteiger partial charge in [-0.3, -0.25) is 0 Å². The lowest BCUT2D eigenvalue weighted by Gasteiger charge is -2.18. The Kier molecular flexibility index (Phi) is 9.09. The summed E-state index contributed by atoms with van der Waals surface area (Å²) in [6, 6.07) is 8.75. The van der Waals surface area contributed by atoms with E-state index in [-0.39, 0.29) is 0 Å². The zero-order valence-electron chi connectivity index (χ0n) is 13.6. The molecule has 0 aromatic heterocycles. The van der Waals surface area contributed by atoms with Gasteiger partial charge in [0.2, 0.25) is 0 Å². The van der Waals surface area contributed by atoms with Crippen LogP contribution in [-0.4, -0.2) is 0 Å². The van der Waals surface area contributed by atoms with Crippen molar-refractivity contribution in [1.82, 2.24) is 0 Å². The summed E-state index contributed by atoms with van der Waals surface area (Å²) < 4.78 is 0. The fourth-order valence-corrected chi connectivity index (χ4v) is 3.05. The average Bonchev–Trinajstić information content (AvgIpc) is 2.46. The Labute approximate surface area is 131 Å². The molecular weight excluding hydrogens is 260 g/mol. The number of unbranched alkanes of at least 4 members (excludes halogenated alkanes) is 3. The molecule has 1 aromatic carbocycles. The van der Waals surface area contributed by atoms with Gasteiger partial charge in [-0.2, -0.15) is 0 Å². The van der Waals surface area contributed by atoms with Crippen LogP contribution < -0.4 is 0 Å². The summed E-state index contributed by atoms with van der Waals surface area (Å²) in [5.74, 6) is 1.60. The normalized spacial score (nSPS) is 14.2. The minimum absolute atomic E-state index is 0.724. The summed E-state index contributed by atoms with van der Waals surface area (Å²) in [4.78, 5) is 1.06. The minimum atomic E-state index is 0.724. The molecule has 114 valence electrons. The van der Waals surface area contributed by atoms with Crippen LogP contribution in [-0.2, 0) is 0 Å². The third kappa shape index (κ3) is 6.83. The monoisotopic (exact) mass is 292 g/mol.